The van der Waals surface area contributed by atoms with E-state index in [-0.39, 0.29) is 19.5 Å². The van der Waals surface area contributed by atoms with Gasteiger partial charge in [0.25, 0.3) is 0 Å². The summed E-state index contributed by atoms with van der Waals surface area (Å²) < 4.78 is 2.27. The molecule has 7 rings (SSSR count). The smallest absolute Gasteiger partial charge is 0.347 e. The topological polar surface area (TPSA) is 17.8 Å². The second kappa shape index (κ2) is 9.18. The number of hydrogen-bond acceptors (Lipinski definition) is 1. The zero-order valence-electron chi connectivity index (χ0n) is 19.2. The molecule has 3 heteroatoms. The van der Waals surface area contributed by atoms with Crippen LogP contribution in [0, 0.1) is 18.2 Å². The number of hydrogen-bond donors (Lipinski definition) is 0. The Labute approximate surface area is 222 Å². The van der Waals surface area contributed by atoms with Crippen LogP contribution in [0.5, 0.6) is 0 Å². The number of benzene rings is 5. The molecular formula is C33H19N2Rh. The molecule has 7 aromatic rings. The molecule has 0 spiro atoms. The molecule has 36 heavy (non-hydrogen) atoms. The van der Waals surface area contributed by atoms with Crippen molar-refractivity contribution in [2.24, 2.45) is 0 Å². The predicted octanol–water partition coefficient (Wildman–Crippen LogP) is 8.06. The second-order valence-electron chi connectivity index (χ2n) is 8.59. The summed E-state index contributed by atoms with van der Waals surface area (Å²) in [7, 11) is 0. The molecule has 0 aliphatic rings. The van der Waals surface area contributed by atoms with Crippen molar-refractivity contribution in [1.29, 1.82) is 0 Å². The van der Waals surface area contributed by atoms with E-state index in [2.05, 4.69) is 107 Å². The molecule has 0 bridgehead atoms. The molecule has 5 aromatic carbocycles. The summed E-state index contributed by atoms with van der Waals surface area (Å²) in [6.07, 6.45) is 1.84. The first-order valence-electron chi connectivity index (χ1n) is 11.7. The minimum absolute atomic E-state index is 0. The van der Waals surface area contributed by atoms with Crippen molar-refractivity contribution in [1.82, 2.24) is 9.55 Å². The van der Waals surface area contributed by atoms with Crippen molar-refractivity contribution >= 4 is 32.6 Å². The molecule has 0 fully saturated rings. The number of aromatic nitrogens is 2. The fraction of sp³-hybridized carbons (Fsp3) is 0. The molecule has 0 aliphatic heterocycles. The first-order chi connectivity index (χ1) is 17.4. The Balaban J connectivity index is 0.00000240. The number of pyridine rings is 1. The Bertz CT molecular complexity index is 1840. The fourth-order valence-corrected chi connectivity index (χ4v) is 4.93. The summed E-state index contributed by atoms with van der Waals surface area (Å²) in [5.74, 6) is 0. The van der Waals surface area contributed by atoms with Gasteiger partial charge in [-0.2, -0.15) is 42.5 Å². The van der Waals surface area contributed by atoms with E-state index in [0.717, 1.165) is 49.9 Å². The maximum atomic E-state index is 4.61. The molecule has 0 saturated carbocycles. The van der Waals surface area contributed by atoms with E-state index in [9.17, 15) is 0 Å². The third kappa shape index (κ3) is 3.64. The van der Waals surface area contributed by atoms with Crippen LogP contribution in [0.1, 0.15) is 0 Å². The number of nitrogens with zero attached hydrogens (tertiary/aromatic N) is 2. The summed E-state index contributed by atoms with van der Waals surface area (Å²) in [6.45, 7) is 0. The van der Waals surface area contributed by atoms with Gasteiger partial charge in [-0.25, -0.2) is 11.1 Å². The van der Waals surface area contributed by atoms with Crippen LogP contribution >= 0.6 is 0 Å². The average molecular weight is 546 g/mol. The standard InChI is InChI=1S/C33H19N2.Rh/c1-2-10-23(11-3-1)24-12-8-14-26(20-24)35-32-18-5-4-15-28(32)30-21-25-13-9-16-27(29(25)22-33(30)35)31-17-6-7-19-34-31;/h1-10,12-19,21H;/q-3;+3. The van der Waals surface area contributed by atoms with E-state index in [1.54, 1.807) is 0 Å². The first kappa shape index (κ1) is 22.4. The maximum absolute atomic E-state index is 4.61. The van der Waals surface area contributed by atoms with Gasteiger partial charge < -0.3 is 4.57 Å². The predicted molar refractivity (Wildman–Crippen MR) is 143 cm³/mol. The van der Waals surface area contributed by atoms with E-state index in [4.69, 9.17) is 0 Å². The number of rotatable bonds is 3. The summed E-state index contributed by atoms with van der Waals surface area (Å²) in [4.78, 5) is 4.61. The molecule has 0 aliphatic carbocycles. The molecule has 2 aromatic heterocycles. The third-order valence-corrected chi connectivity index (χ3v) is 6.51. The van der Waals surface area contributed by atoms with Gasteiger partial charge in [-0.3, -0.25) is 4.98 Å². The minimum atomic E-state index is 0. The van der Waals surface area contributed by atoms with Crippen LogP contribution in [0.3, 0.4) is 0 Å². The van der Waals surface area contributed by atoms with Crippen molar-refractivity contribution in [2.45, 2.75) is 0 Å². The molecule has 0 saturated heterocycles. The van der Waals surface area contributed by atoms with Crippen molar-refractivity contribution in [3.8, 4) is 28.1 Å². The molecule has 2 nitrogen and oxygen atoms in total. The SMILES string of the molecule is [Rh+3].[c-]1ccccc1-c1[c-]c(-n2c3[c-]c4c(-c5ccccn5)cccc4cc3c3ccccc32)ccc1. The van der Waals surface area contributed by atoms with Gasteiger partial charge in [-0.1, -0.05) is 53.4 Å². The van der Waals surface area contributed by atoms with Crippen LogP contribution in [-0.2, 0) is 19.5 Å². The van der Waals surface area contributed by atoms with Crippen LogP contribution in [0.25, 0.3) is 60.6 Å². The summed E-state index contributed by atoms with van der Waals surface area (Å²) in [5.41, 5.74) is 7.23. The van der Waals surface area contributed by atoms with Gasteiger partial charge in [0.15, 0.2) is 0 Å². The molecule has 0 N–H and O–H groups in total. The summed E-state index contributed by atoms with van der Waals surface area (Å²) >= 11 is 0. The van der Waals surface area contributed by atoms with E-state index >= 15 is 0 Å². The van der Waals surface area contributed by atoms with E-state index in [0.29, 0.717) is 0 Å². The number of para-hydroxylation sites is 1. The minimum Gasteiger partial charge on any atom is -0.347 e. The quantitative estimate of drug-likeness (QED) is 0.162. The van der Waals surface area contributed by atoms with E-state index in [1.807, 2.05) is 36.5 Å². The zero-order chi connectivity index (χ0) is 23.2. The third-order valence-electron chi connectivity index (χ3n) is 6.51. The number of fused-ring (bicyclic) bond motifs is 4. The average Bonchev–Trinajstić information content (AvgIpc) is 3.26. The van der Waals surface area contributed by atoms with Crippen molar-refractivity contribution in [3.63, 3.8) is 0 Å². The van der Waals surface area contributed by atoms with Crippen molar-refractivity contribution in [2.75, 3.05) is 0 Å². The van der Waals surface area contributed by atoms with E-state index in [1.165, 1.54) is 10.8 Å². The van der Waals surface area contributed by atoms with Crippen LogP contribution in [-0.4, -0.2) is 9.55 Å². The fourth-order valence-electron chi connectivity index (χ4n) is 4.93. The Morgan fingerprint density at radius 1 is 0.667 bits per heavy atom. The van der Waals surface area contributed by atoms with Crippen LogP contribution in [0.2, 0.25) is 0 Å². The van der Waals surface area contributed by atoms with Gasteiger partial charge in [0.1, 0.15) is 0 Å². The molecule has 170 valence electrons. The second-order valence-corrected chi connectivity index (χ2v) is 8.59. The van der Waals surface area contributed by atoms with Gasteiger partial charge in [-0.05, 0) is 34.8 Å². The molecule has 0 amide bonds. The Morgan fingerprint density at radius 2 is 1.50 bits per heavy atom. The van der Waals surface area contributed by atoms with Crippen molar-refractivity contribution in [3.05, 3.63) is 134 Å². The van der Waals surface area contributed by atoms with Gasteiger partial charge in [0.05, 0.1) is 0 Å². The van der Waals surface area contributed by atoms with Crippen molar-refractivity contribution < 1.29 is 19.5 Å². The largest absolute Gasteiger partial charge is 3.00 e. The van der Waals surface area contributed by atoms with Gasteiger partial charge >= 0.3 is 19.5 Å². The molecule has 2 heterocycles. The van der Waals surface area contributed by atoms with Gasteiger partial charge in [0, 0.05) is 17.4 Å². The van der Waals surface area contributed by atoms with Crippen LogP contribution in [0.15, 0.2) is 115 Å². The normalized spacial score (nSPS) is 11.1. The van der Waals surface area contributed by atoms with Gasteiger partial charge in [-0.15, -0.1) is 35.0 Å². The Kier molecular flexibility index (Phi) is 5.72. The zero-order valence-corrected chi connectivity index (χ0v) is 20.8. The monoisotopic (exact) mass is 546 g/mol. The molecule has 0 unspecified atom stereocenters. The molecule has 0 atom stereocenters. The Hall–Kier alpha value is -4.07. The Morgan fingerprint density at radius 3 is 2.36 bits per heavy atom. The van der Waals surface area contributed by atoms with Gasteiger partial charge in [0.2, 0.25) is 0 Å². The van der Waals surface area contributed by atoms with E-state index < -0.39 is 0 Å². The summed E-state index contributed by atoms with van der Waals surface area (Å²) in [5, 5.41) is 4.60. The molecule has 0 radical (unpaired) electrons. The first-order valence-corrected chi connectivity index (χ1v) is 11.7. The summed E-state index contributed by atoms with van der Waals surface area (Å²) in [6, 6.07) is 48.3. The maximum Gasteiger partial charge on any atom is 3.00 e. The van der Waals surface area contributed by atoms with Crippen LogP contribution in [0.4, 0.5) is 0 Å². The van der Waals surface area contributed by atoms with Crippen LogP contribution < -0.4 is 0 Å². The molecular weight excluding hydrogens is 527 g/mol.